The minimum absolute atomic E-state index is 0.0515. The lowest BCUT2D eigenvalue weighted by molar-refractivity contribution is 0.0692. The van der Waals surface area contributed by atoms with E-state index in [4.69, 9.17) is 16.7 Å². The van der Waals surface area contributed by atoms with Crippen molar-refractivity contribution in [3.8, 4) is 0 Å². The Labute approximate surface area is 80.0 Å². The molecule has 0 aliphatic heterocycles. The van der Waals surface area contributed by atoms with E-state index < -0.39 is 17.3 Å². The molecule has 0 heterocycles. The number of hydrogen-bond donors (Lipinski definition) is 1. The van der Waals surface area contributed by atoms with Crippen LogP contribution in [0.5, 0.6) is 0 Å². The first-order valence-electron chi connectivity index (χ1n) is 3.77. The van der Waals surface area contributed by atoms with Crippen molar-refractivity contribution in [2.75, 3.05) is 0 Å². The van der Waals surface area contributed by atoms with Gasteiger partial charge in [0, 0.05) is 0 Å². The highest BCUT2D eigenvalue weighted by Gasteiger charge is 2.15. The molecule has 0 saturated heterocycles. The van der Waals surface area contributed by atoms with Gasteiger partial charge < -0.3 is 5.11 Å². The zero-order chi connectivity index (χ0) is 10.0. The molecule has 0 radical (unpaired) electrons. The number of carboxylic acid groups (broad SMARTS) is 1. The van der Waals surface area contributed by atoms with Gasteiger partial charge in [-0.1, -0.05) is 18.5 Å². The Bertz CT molecular complexity index is 326. The third-order valence-corrected chi connectivity index (χ3v) is 2.02. The van der Waals surface area contributed by atoms with E-state index in [-0.39, 0.29) is 5.02 Å². The molecule has 2 nitrogen and oxygen atoms in total. The number of aryl methyl sites for hydroxylation is 1. The van der Waals surface area contributed by atoms with E-state index in [9.17, 15) is 9.18 Å². The Morgan fingerprint density at radius 3 is 2.62 bits per heavy atom. The molecule has 0 aliphatic carbocycles. The van der Waals surface area contributed by atoms with Crippen molar-refractivity contribution >= 4 is 17.6 Å². The van der Waals surface area contributed by atoms with Crippen LogP contribution in [0.3, 0.4) is 0 Å². The molecule has 0 atom stereocenters. The van der Waals surface area contributed by atoms with E-state index >= 15 is 0 Å². The summed E-state index contributed by atoms with van der Waals surface area (Å²) in [6.07, 6.45) is 0.622. The molecule has 1 N–H and O–H groups in total. The minimum Gasteiger partial charge on any atom is -0.478 e. The average molecular weight is 203 g/mol. The fourth-order valence-electron chi connectivity index (χ4n) is 1.03. The highest BCUT2D eigenvalue weighted by Crippen LogP contribution is 2.21. The predicted molar refractivity (Wildman–Crippen MR) is 47.7 cm³/mol. The summed E-state index contributed by atoms with van der Waals surface area (Å²) < 4.78 is 13.1. The molecule has 13 heavy (non-hydrogen) atoms. The number of rotatable bonds is 2. The lowest BCUT2D eigenvalue weighted by atomic mass is 10.1. The van der Waals surface area contributed by atoms with Gasteiger partial charge in [-0.3, -0.25) is 0 Å². The van der Waals surface area contributed by atoms with E-state index in [0.717, 1.165) is 0 Å². The molecule has 1 aromatic carbocycles. The van der Waals surface area contributed by atoms with Crippen LogP contribution in [0.1, 0.15) is 22.8 Å². The molecule has 0 amide bonds. The molecule has 1 rings (SSSR count). The number of halogens is 2. The minimum atomic E-state index is -1.34. The molecule has 0 unspecified atom stereocenters. The molecular weight excluding hydrogens is 195 g/mol. The fraction of sp³-hybridized carbons (Fsp3) is 0.222. The normalized spacial score (nSPS) is 10.1. The molecule has 70 valence electrons. The molecule has 1 aromatic rings. The Hall–Kier alpha value is -1.09. The first-order chi connectivity index (χ1) is 6.06. The summed E-state index contributed by atoms with van der Waals surface area (Å²) in [6.45, 7) is 1.84. The van der Waals surface area contributed by atoms with Gasteiger partial charge in [-0.2, -0.15) is 0 Å². The monoisotopic (exact) mass is 202 g/mol. The van der Waals surface area contributed by atoms with E-state index in [0.29, 0.717) is 12.0 Å². The van der Waals surface area contributed by atoms with Crippen molar-refractivity contribution in [3.05, 3.63) is 34.1 Å². The third kappa shape index (κ3) is 1.98. The molecule has 0 saturated carbocycles. The Balaban J connectivity index is 3.31. The number of aromatic carboxylic acids is 1. The van der Waals surface area contributed by atoms with Crippen LogP contribution in [0.15, 0.2) is 12.1 Å². The van der Waals surface area contributed by atoms with Crippen LogP contribution in [0.2, 0.25) is 5.02 Å². The second-order valence-electron chi connectivity index (χ2n) is 2.59. The number of carbonyl (C=O) groups is 1. The summed E-state index contributed by atoms with van der Waals surface area (Å²) >= 11 is 5.59. The van der Waals surface area contributed by atoms with Crippen LogP contribution in [0.25, 0.3) is 0 Å². The van der Waals surface area contributed by atoms with E-state index in [1.807, 2.05) is 6.92 Å². The van der Waals surface area contributed by atoms with Gasteiger partial charge in [-0.15, -0.1) is 0 Å². The number of hydrogen-bond acceptors (Lipinski definition) is 1. The predicted octanol–water partition coefficient (Wildman–Crippen LogP) is 2.74. The largest absolute Gasteiger partial charge is 0.478 e. The molecule has 0 spiro atoms. The van der Waals surface area contributed by atoms with Crippen LogP contribution in [-0.4, -0.2) is 11.1 Å². The smallest absolute Gasteiger partial charge is 0.340 e. The maximum Gasteiger partial charge on any atom is 0.340 e. The Morgan fingerprint density at radius 2 is 2.23 bits per heavy atom. The van der Waals surface area contributed by atoms with Gasteiger partial charge in [0.05, 0.1) is 5.02 Å². The lowest BCUT2D eigenvalue weighted by Gasteiger charge is -2.03. The van der Waals surface area contributed by atoms with Crippen molar-refractivity contribution in [3.63, 3.8) is 0 Å². The van der Waals surface area contributed by atoms with E-state index in [1.54, 1.807) is 0 Å². The summed E-state index contributed by atoms with van der Waals surface area (Å²) in [5.74, 6) is -2.12. The zero-order valence-electron chi connectivity index (χ0n) is 6.97. The first kappa shape index (κ1) is 9.99. The topological polar surface area (TPSA) is 37.3 Å². The quantitative estimate of drug-likeness (QED) is 0.801. The molecule has 0 fully saturated rings. The van der Waals surface area contributed by atoms with Gasteiger partial charge >= 0.3 is 5.97 Å². The van der Waals surface area contributed by atoms with Gasteiger partial charge in [0.1, 0.15) is 11.4 Å². The van der Waals surface area contributed by atoms with Gasteiger partial charge in [0.2, 0.25) is 0 Å². The van der Waals surface area contributed by atoms with Gasteiger partial charge in [-0.05, 0) is 24.1 Å². The summed E-state index contributed by atoms with van der Waals surface area (Å²) in [5, 5.41) is 8.53. The maximum atomic E-state index is 13.1. The van der Waals surface area contributed by atoms with Crippen molar-refractivity contribution in [1.82, 2.24) is 0 Å². The molecule has 0 aliphatic rings. The summed E-state index contributed by atoms with van der Waals surface area (Å²) in [4.78, 5) is 10.5. The molecular formula is C9H8ClFO2. The molecule has 4 heteroatoms. The Morgan fingerprint density at radius 1 is 1.62 bits per heavy atom. The summed E-state index contributed by atoms with van der Waals surface area (Å²) in [5.41, 5.74) is 0.228. The first-order valence-corrected chi connectivity index (χ1v) is 4.15. The van der Waals surface area contributed by atoms with Crippen LogP contribution in [0, 0.1) is 5.82 Å². The van der Waals surface area contributed by atoms with Crippen molar-refractivity contribution in [1.29, 1.82) is 0 Å². The van der Waals surface area contributed by atoms with E-state index in [1.165, 1.54) is 12.1 Å². The van der Waals surface area contributed by atoms with E-state index in [2.05, 4.69) is 0 Å². The van der Waals surface area contributed by atoms with Crippen molar-refractivity contribution < 1.29 is 14.3 Å². The Kier molecular flexibility index (Phi) is 2.88. The SMILES string of the molecule is CCc1cc(F)c(C(=O)O)c(Cl)c1. The van der Waals surface area contributed by atoms with Crippen molar-refractivity contribution in [2.24, 2.45) is 0 Å². The second kappa shape index (κ2) is 3.75. The average Bonchev–Trinajstić information content (AvgIpc) is 2.02. The van der Waals surface area contributed by atoms with Gasteiger partial charge in [-0.25, -0.2) is 9.18 Å². The van der Waals surface area contributed by atoms with Crippen LogP contribution in [0.4, 0.5) is 4.39 Å². The summed E-state index contributed by atoms with van der Waals surface area (Å²) in [7, 11) is 0. The van der Waals surface area contributed by atoms with Crippen LogP contribution < -0.4 is 0 Å². The van der Waals surface area contributed by atoms with Crippen molar-refractivity contribution in [2.45, 2.75) is 13.3 Å². The van der Waals surface area contributed by atoms with Gasteiger partial charge in [0.15, 0.2) is 0 Å². The summed E-state index contributed by atoms with van der Waals surface area (Å²) in [6, 6.07) is 2.66. The highest BCUT2D eigenvalue weighted by atomic mass is 35.5. The van der Waals surface area contributed by atoms with Crippen LogP contribution in [-0.2, 0) is 6.42 Å². The third-order valence-electron chi connectivity index (χ3n) is 1.72. The van der Waals surface area contributed by atoms with Gasteiger partial charge in [0.25, 0.3) is 0 Å². The lowest BCUT2D eigenvalue weighted by Crippen LogP contribution is -2.02. The number of benzene rings is 1. The molecule has 0 bridgehead atoms. The molecule has 0 aromatic heterocycles. The standard InChI is InChI=1S/C9H8ClFO2/c1-2-5-3-6(10)8(9(12)13)7(11)4-5/h3-4H,2H2,1H3,(H,12,13). The second-order valence-corrected chi connectivity index (χ2v) is 3.00. The number of carboxylic acids is 1. The fourth-order valence-corrected chi connectivity index (χ4v) is 1.35. The van der Waals surface area contributed by atoms with Crippen LogP contribution >= 0.6 is 11.6 Å². The maximum absolute atomic E-state index is 13.1. The highest BCUT2D eigenvalue weighted by molar-refractivity contribution is 6.33. The zero-order valence-corrected chi connectivity index (χ0v) is 7.73.